The fraction of sp³-hybridized carbons (Fsp3) is 0.875. The van der Waals surface area contributed by atoms with Crippen LogP contribution in [-0.2, 0) is 9.53 Å². The Labute approximate surface area is 86.3 Å². The Bertz CT molecular complexity index is 235. The minimum atomic E-state index is -1.45. The first-order chi connectivity index (χ1) is 6.97. The molecule has 1 rings (SSSR count). The lowest BCUT2D eigenvalue weighted by Crippen LogP contribution is -2.63. The number of rotatable bonds is 2. The lowest BCUT2D eigenvalue weighted by molar-refractivity contribution is -0.253. The van der Waals surface area contributed by atoms with Gasteiger partial charge in [0.05, 0.1) is 6.61 Å². The highest BCUT2D eigenvalue weighted by atomic mass is 16.6. The van der Waals surface area contributed by atoms with Gasteiger partial charge in [-0.05, 0) is 0 Å². The van der Waals surface area contributed by atoms with Crippen molar-refractivity contribution in [2.45, 2.75) is 37.6 Å². The minimum absolute atomic E-state index is 0.462. The fourth-order valence-corrected chi connectivity index (χ4v) is 1.49. The molecule has 1 fully saturated rings. The van der Waals surface area contributed by atoms with Gasteiger partial charge in [0.15, 0.2) is 6.29 Å². The average Bonchev–Trinajstić information content (AvgIpc) is 2.18. The highest BCUT2D eigenvalue weighted by Crippen LogP contribution is 2.19. The molecule has 0 aromatic heterocycles. The van der Waals surface area contributed by atoms with Gasteiger partial charge in [0, 0.05) is 6.92 Å². The molecule has 1 unspecified atom stereocenters. The number of hydrogen-bond donors (Lipinski definition) is 5. The van der Waals surface area contributed by atoms with E-state index in [1.54, 1.807) is 0 Å². The third-order valence-electron chi connectivity index (χ3n) is 2.27. The summed E-state index contributed by atoms with van der Waals surface area (Å²) in [5.41, 5.74) is 0. The van der Waals surface area contributed by atoms with E-state index in [0.29, 0.717) is 0 Å². The van der Waals surface area contributed by atoms with E-state index < -0.39 is 43.2 Å². The molecule has 15 heavy (non-hydrogen) atoms. The summed E-state index contributed by atoms with van der Waals surface area (Å²) in [7, 11) is 0. The van der Waals surface area contributed by atoms with Crippen molar-refractivity contribution in [1.29, 1.82) is 0 Å². The van der Waals surface area contributed by atoms with Crippen molar-refractivity contribution in [3.63, 3.8) is 0 Å². The van der Waals surface area contributed by atoms with Crippen LogP contribution >= 0.6 is 0 Å². The third-order valence-corrected chi connectivity index (χ3v) is 2.27. The summed E-state index contributed by atoms with van der Waals surface area (Å²) < 4.78 is 4.81. The van der Waals surface area contributed by atoms with Crippen LogP contribution in [0.25, 0.3) is 0 Å². The van der Waals surface area contributed by atoms with Crippen LogP contribution in [0.5, 0.6) is 0 Å². The van der Waals surface area contributed by atoms with Crippen molar-refractivity contribution < 1.29 is 30.0 Å². The van der Waals surface area contributed by atoms with Gasteiger partial charge in [0.2, 0.25) is 5.91 Å². The number of nitrogens with one attached hydrogen (secondary N) is 1. The Morgan fingerprint density at radius 3 is 2.40 bits per heavy atom. The van der Waals surface area contributed by atoms with Crippen molar-refractivity contribution in [1.82, 2.24) is 5.32 Å². The number of carbonyl (C=O) groups excluding carboxylic acids is 1. The Balaban J connectivity index is 2.70. The lowest BCUT2D eigenvalue weighted by Gasteiger charge is -2.40. The SMILES string of the molecule is CC(=O)N[C@@H]1C(O)O[C@@H](CO)[C@@H](O)[C@H]1O. The summed E-state index contributed by atoms with van der Waals surface area (Å²) in [5, 5.41) is 39.4. The van der Waals surface area contributed by atoms with Crippen LogP contribution in [0.3, 0.4) is 0 Å². The molecule has 1 aliphatic rings. The molecule has 1 aliphatic heterocycles. The van der Waals surface area contributed by atoms with Gasteiger partial charge in [-0.1, -0.05) is 0 Å². The second kappa shape index (κ2) is 4.86. The largest absolute Gasteiger partial charge is 0.394 e. The van der Waals surface area contributed by atoms with E-state index in [1.165, 1.54) is 6.92 Å². The van der Waals surface area contributed by atoms with Crippen LogP contribution < -0.4 is 5.32 Å². The molecule has 0 aromatic rings. The molecule has 0 bridgehead atoms. The summed E-state index contributed by atoms with van der Waals surface area (Å²) in [6, 6.07) is -1.10. The van der Waals surface area contributed by atoms with E-state index in [2.05, 4.69) is 5.32 Å². The Kier molecular flexibility index (Phi) is 4.00. The molecule has 0 aliphatic carbocycles. The standard InChI is InChI=1S/C8H15NO6/c1-3(11)9-5-7(13)6(12)4(2-10)15-8(5)14/h4-8,10,12-14H,2H2,1H3,(H,9,11)/t4-,5-,6+,7-,8?/m0/s1. The van der Waals surface area contributed by atoms with E-state index in [0.717, 1.165) is 0 Å². The predicted octanol–water partition coefficient (Wildman–Crippen LogP) is -3.08. The van der Waals surface area contributed by atoms with E-state index in [4.69, 9.17) is 9.84 Å². The van der Waals surface area contributed by atoms with Crippen molar-refractivity contribution >= 4 is 5.91 Å². The molecule has 0 radical (unpaired) electrons. The maximum Gasteiger partial charge on any atom is 0.217 e. The van der Waals surface area contributed by atoms with Gasteiger partial charge >= 0.3 is 0 Å². The molecule has 7 nitrogen and oxygen atoms in total. The highest BCUT2D eigenvalue weighted by Gasteiger charge is 2.43. The van der Waals surface area contributed by atoms with Gasteiger partial charge in [-0.15, -0.1) is 0 Å². The molecule has 7 heteroatoms. The number of aliphatic hydroxyl groups is 4. The maximum atomic E-state index is 10.7. The van der Waals surface area contributed by atoms with Crippen molar-refractivity contribution in [2.24, 2.45) is 0 Å². The highest BCUT2D eigenvalue weighted by molar-refractivity contribution is 5.73. The minimum Gasteiger partial charge on any atom is -0.394 e. The molecule has 1 amide bonds. The maximum absolute atomic E-state index is 10.7. The first-order valence-corrected chi connectivity index (χ1v) is 4.55. The van der Waals surface area contributed by atoms with Crippen LogP contribution in [0.15, 0.2) is 0 Å². The quantitative estimate of drug-likeness (QED) is 0.337. The summed E-state index contributed by atoms with van der Waals surface area (Å²) in [5.74, 6) is -0.462. The van der Waals surface area contributed by atoms with Gasteiger partial charge in [-0.25, -0.2) is 0 Å². The first kappa shape index (κ1) is 12.3. The Hall–Kier alpha value is -0.730. The Morgan fingerprint density at radius 2 is 1.93 bits per heavy atom. The van der Waals surface area contributed by atoms with Crippen molar-refractivity contribution in [2.75, 3.05) is 6.61 Å². The zero-order chi connectivity index (χ0) is 11.6. The molecule has 0 aromatic carbocycles. The second-order valence-electron chi connectivity index (χ2n) is 3.46. The molecule has 0 spiro atoms. The van der Waals surface area contributed by atoms with E-state index in [-0.39, 0.29) is 0 Å². The van der Waals surface area contributed by atoms with Crippen molar-refractivity contribution in [3.8, 4) is 0 Å². The summed E-state index contributed by atoms with van der Waals surface area (Å²) >= 11 is 0. The smallest absolute Gasteiger partial charge is 0.217 e. The van der Waals surface area contributed by atoms with Gasteiger partial charge in [0.25, 0.3) is 0 Å². The van der Waals surface area contributed by atoms with Gasteiger partial charge in [-0.3, -0.25) is 4.79 Å². The van der Waals surface area contributed by atoms with Crippen LogP contribution in [-0.4, -0.2) is 63.6 Å². The lowest BCUT2D eigenvalue weighted by atomic mass is 9.97. The number of amides is 1. The van der Waals surface area contributed by atoms with E-state index in [1.807, 2.05) is 0 Å². The Morgan fingerprint density at radius 1 is 1.33 bits per heavy atom. The molecule has 88 valence electrons. The topological polar surface area (TPSA) is 119 Å². The number of aliphatic hydroxyl groups excluding tert-OH is 4. The molecule has 1 saturated heterocycles. The predicted molar refractivity (Wildman–Crippen MR) is 47.6 cm³/mol. The second-order valence-corrected chi connectivity index (χ2v) is 3.46. The molecule has 5 N–H and O–H groups in total. The number of carbonyl (C=O) groups is 1. The zero-order valence-corrected chi connectivity index (χ0v) is 8.20. The zero-order valence-electron chi connectivity index (χ0n) is 8.20. The molecular weight excluding hydrogens is 206 g/mol. The number of ether oxygens (including phenoxy) is 1. The monoisotopic (exact) mass is 221 g/mol. The number of hydrogen-bond acceptors (Lipinski definition) is 6. The normalized spacial score (nSPS) is 41.3. The average molecular weight is 221 g/mol. The van der Waals surface area contributed by atoms with Crippen LogP contribution in [0, 0.1) is 0 Å². The van der Waals surface area contributed by atoms with Gasteiger partial charge < -0.3 is 30.5 Å². The molecule has 0 saturated carbocycles. The van der Waals surface area contributed by atoms with E-state index >= 15 is 0 Å². The van der Waals surface area contributed by atoms with Gasteiger partial charge in [0.1, 0.15) is 24.4 Å². The molecular formula is C8H15NO6. The van der Waals surface area contributed by atoms with Crippen LogP contribution in [0.1, 0.15) is 6.92 Å². The van der Waals surface area contributed by atoms with Crippen molar-refractivity contribution in [3.05, 3.63) is 0 Å². The van der Waals surface area contributed by atoms with Crippen LogP contribution in [0.4, 0.5) is 0 Å². The first-order valence-electron chi connectivity index (χ1n) is 4.55. The molecule has 1 heterocycles. The van der Waals surface area contributed by atoms with Gasteiger partial charge in [-0.2, -0.15) is 0 Å². The van der Waals surface area contributed by atoms with E-state index in [9.17, 15) is 20.1 Å². The summed E-state index contributed by atoms with van der Waals surface area (Å²) in [4.78, 5) is 10.7. The fourth-order valence-electron chi connectivity index (χ4n) is 1.49. The summed E-state index contributed by atoms with van der Waals surface area (Å²) in [6.07, 6.45) is -5.24. The van der Waals surface area contributed by atoms with Crippen LogP contribution in [0.2, 0.25) is 0 Å². The third kappa shape index (κ3) is 2.64. The molecule has 5 atom stereocenters. The summed E-state index contributed by atoms with van der Waals surface area (Å²) in [6.45, 7) is 0.687.